The highest BCUT2D eigenvalue weighted by Crippen LogP contribution is 2.23. The van der Waals surface area contributed by atoms with Crippen LogP contribution in [0.5, 0.6) is 0 Å². The number of nitrogens with one attached hydrogen (secondary N) is 1. The topological polar surface area (TPSA) is 73.2 Å². The van der Waals surface area contributed by atoms with E-state index in [1.807, 2.05) is 13.8 Å². The fraction of sp³-hybridized carbons (Fsp3) is 0.400. The lowest BCUT2D eigenvalue weighted by Crippen LogP contribution is -2.43. The molecule has 1 N–H and O–H groups in total. The summed E-state index contributed by atoms with van der Waals surface area (Å²) < 4.78 is 0. The maximum Gasteiger partial charge on any atom is 0.325 e. The molecular weight excluding hydrogens is 254 g/mol. The van der Waals surface area contributed by atoms with Gasteiger partial charge in [0.15, 0.2) is 0 Å². The van der Waals surface area contributed by atoms with Crippen molar-refractivity contribution in [3.63, 3.8) is 0 Å². The molecule has 1 atom stereocenters. The SMILES string of the molecule is CCC1(C)NC(=O)N(Cc2ccc(C#N)cc2C)C1=O. The van der Waals surface area contributed by atoms with Gasteiger partial charge in [-0.1, -0.05) is 13.0 Å². The number of benzene rings is 1. The summed E-state index contributed by atoms with van der Waals surface area (Å²) in [4.78, 5) is 25.5. The number of nitrogens with zero attached hydrogens (tertiary/aromatic N) is 2. The largest absolute Gasteiger partial charge is 0.325 e. The predicted octanol–water partition coefficient (Wildman–Crippen LogP) is 2.09. The molecule has 5 heteroatoms. The van der Waals surface area contributed by atoms with E-state index >= 15 is 0 Å². The summed E-state index contributed by atoms with van der Waals surface area (Å²) in [7, 11) is 0. The molecule has 0 aliphatic carbocycles. The van der Waals surface area contributed by atoms with Gasteiger partial charge in [-0.3, -0.25) is 9.69 Å². The first-order valence-electron chi connectivity index (χ1n) is 6.55. The normalized spacial score (nSPS) is 21.8. The van der Waals surface area contributed by atoms with Crippen molar-refractivity contribution in [3.05, 3.63) is 34.9 Å². The van der Waals surface area contributed by atoms with E-state index in [4.69, 9.17) is 5.26 Å². The van der Waals surface area contributed by atoms with Gasteiger partial charge < -0.3 is 5.32 Å². The molecule has 5 nitrogen and oxygen atoms in total. The maximum absolute atomic E-state index is 12.3. The predicted molar refractivity (Wildman–Crippen MR) is 73.7 cm³/mol. The molecule has 2 rings (SSSR count). The lowest BCUT2D eigenvalue weighted by Gasteiger charge is -2.19. The van der Waals surface area contributed by atoms with Crippen LogP contribution in [-0.4, -0.2) is 22.4 Å². The molecule has 1 heterocycles. The lowest BCUT2D eigenvalue weighted by molar-refractivity contribution is -0.131. The Bertz CT molecular complexity index is 618. The van der Waals surface area contributed by atoms with Crippen LogP contribution in [0.4, 0.5) is 4.79 Å². The maximum atomic E-state index is 12.3. The van der Waals surface area contributed by atoms with Crippen LogP contribution < -0.4 is 5.32 Å². The minimum Gasteiger partial charge on any atom is -0.323 e. The molecule has 0 saturated carbocycles. The Morgan fingerprint density at radius 2 is 2.10 bits per heavy atom. The van der Waals surface area contributed by atoms with Gasteiger partial charge in [0.1, 0.15) is 5.54 Å². The molecule has 0 aromatic heterocycles. The quantitative estimate of drug-likeness (QED) is 0.855. The Kier molecular flexibility index (Phi) is 3.49. The Balaban J connectivity index is 2.25. The number of urea groups is 1. The van der Waals surface area contributed by atoms with Gasteiger partial charge >= 0.3 is 6.03 Å². The van der Waals surface area contributed by atoms with Crippen molar-refractivity contribution in [2.24, 2.45) is 0 Å². The number of aryl methyl sites for hydroxylation is 1. The van der Waals surface area contributed by atoms with Crippen LogP contribution in [0.2, 0.25) is 0 Å². The molecule has 1 aliphatic heterocycles. The molecule has 1 fully saturated rings. The highest BCUT2D eigenvalue weighted by molar-refractivity contribution is 6.06. The number of carbonyl (C=O) groups is 2. The summed E-state index contributed by atoms with van der Waals surface area (Å²) in [5.74, 6) is -0.200. The van der Waals surface area contributed by atoms with Gasteiger partial charge in [-0.25, -0.2) is 4.79 Å². The van der Waals surface area contributed by atoms with E-state index in [-0.39, 0.29) is 18.5 Å². The summed E-state index contributed by atoms with van der Waals surface area (Å²) in [5.41, 5.74) is 1.53. The monoisotopic (exact) mass is 271 g/mol. The summed E-state index contributed by atoms with van der Waals surface area (Å²) in [6.07, 6.45) is 0.556. The molecule has 0 spiro atoms. The van der Waals surface area contributed by atoms with Crippen molar-refractivity contribution < 1.29 is 9.59 Å². The second kappa shape index (κ2) is 4.97. The molecule has 1 saturated heterocycles. The van der Waals surface area contributed by atoms with Gasteiger partial charge in [0, 0.05) is 0 Å². The van der Waals surface area contributed by atoms with E-state index in [2.05, 4.69) is 11.4 Å². The van der Waals surface area contributed by atoms with Gasteiger partial charge in [-0.2, -0.15) is 5.26 Å². The molecule has 0 bridgehead atoms. The molecule has 1 aromatic rings. The third kappa shape index (κ3) is 2.25. The van der Waals surface area contributed by atoms with Crippen LogP contribution in [0.3, 0.4) is 0 Å². The summed E-state index contributed by atoms with van der Waals surface area (Å²) in [6.45, 7) is 5.71. The molecule has 20 heavy (non-hydrogen) atoms. The van der Waals surface area contributed by atoms with Crippen molar-refractivity contribution in [1.82, 2.24) is 10.2 Å². The Morgan fingerprint density at radius 1 is 1.40 bits per heavy atom. The van der Waals surface area contributed by atoms with Gasteiger partial charge in [-0.15, -0.1) is 0 Å². The van der Waals surface area contributed by atoms with Crippen molar-refractivity contribution in [2.45, 2.75) is 39.3 Å². The summed E-state index contributed by atoms with van der Waals surface area (Å²) in [6, 6.07) is 6.95. The van der Waals surface area contributed by atoms with Crippen LogP contribution in [-0.2, 0) is 11.3 Å². The van der Waals surface area contributed by atoms with Crippen molar-refractivity contribution in [3.8, 4) is 6.07 Å². The van der Waals surface area contributed by atoms with Gasteiger partial charge in [0.2, 0.25) is 0 Å². The van der Waals surface area contributed by atoms with Crippen LogP contribution in [0, 0.1) is 18.3 Å². The number of hydrogen-bond acceptors (Lipinski definition) is 3. The lowest BCUT2D eigenvalue weighted by atomic mass is 9.99. The third-order valence-corrected chi connectivity index (χ3v) is 3.85. The number of nitriles is 1. The highest BCUT2D eigenvalue weighted by Gasteiger charge is 2.46. The number of imide groups is 1. The Morgan fingerprint density at radius 3 is 2.60 bits per heavy atom. The zero-order valence-electron chi connectivity index (χ0n) is 11.9. The van der Waals surface area contributed by atoms with Gasteiger partial charge in [0.05, 0.1) is 18.2 Å². The first-order chi connectivity index (χ1) is 9.41. The Hall–Kier alpha value is -2.35. The molecule has 1 aliphatic rings. The number of carbonyl (C=O) groups excluding carboxylic acids is 2. The number of rotatable bonds is 3. The number of amides is 3. The van der Waals surface area contributed by atoms with Crippen LogP contribution in [0.1, 0.15) is 37.0 Å². The average Bonchev–Trinajstić information content (AvgIpc) is 2.65. The second-order valence-electron chi connectivity index (χ2n) is 5.26. The zero-order chi connectivity index (χ0) is 14.9. The second-order valence-corrected chi connectivity index (χ2v) is 5.26. The molecule has 0 radical (unpaired) electrons. The van der Waals surface area contributed by atoms with Crippen LogP contribution in [0.25, 0.3) is 0 Å². The van der Waals surface area contributed by atoms with Crippen LogP contribution in [0.15, 0.2) is 18.2 Å². The van der Waals surface area contributed by atoms with E-state index in [0.29, 0.717) is 12.0 Å². The molecule has 1 unspecified atom stereocenters. The van der Waals surface area contributed by atoms with Crippen molar-refractivity contribution >= 4 is 11.9 Å². The average molecular weight is 271 g/mol. The summed E-state index contributed by atoms with van der Waals surface area (Å²) in [5, 5.41) is 11.6. The molecule has 1 aromatic carbocycles. The van der Waals surface area contributed by atoms with Crippen molar-refractivity contribution in [1.29, 1.82) is 5.26 Å². The van der Waals surface area contributed by atoms with Gasteiger partial charge in [-0.05, 0) is 43.5 Å². The van der Waals surface area contributed by atoms with E-state index in [0.717, 1.165) is 11.1 Å². The van der Waals surface area contributed by atoms with E-state index in [9.17, 15) is 9.59 Å². The third-order valence-electron chi connectivity index (χ3n) is 3.85. The molecule has 3 amide bonds. The standard InChI is InChI=1S/C15H17N3O2/c1-4-15(3)13(19)18(14(20)17-15)9-12-6-5-11(8-16)7-10(12)2/h5-7H,4,9H2,1-3H3,(H,17,20). The Labute approximate surface area is 118 Å². The van der Waals surface area contributed by atoms with Crippen molar-refractivity contribution in [2.75, 3.05) is 0 Å². The highest BCUT2D eigenvalue weighted by atomic mass is 16.2. The molecular formula is C15H17N3O2. The van der Waals surface area contributed by atoms with E-state index in [1.165, 1.54) is 4.90 Å². The fourth-order valence-corrected chi connectivity index (χ4v) is 2.24. The smallest absolute Gasteiger partial charge is 0.323 e. The van der Waals surface area contributed by atoms with Gasteiger partial charge in [0.25, 0.3) is 5.91 Å². The minimum atomic E-state index is -0.808. The van der Waals surface area contributed by atoms with Crippen LogP contribution >= 0.6 is 0 Å². The van der Waals surface area contributed by atoms with E-state index < -0.39 is 5.54 Å². The summed E-state index contributed by atoms with van der Waals surface area (Å²) >= 11 is 0. The number of hydrogen-bond donors (Lipinski definition) is 1. The van der Waals surface area contributed by atoms with E-state index in [1.54, 1.807) is 25.1 Å². The first kappa shape index (κ1) is 14.1. The molecule has 104 valence electrons. The zero-order valence-corrected chi connectivity index (χ0v) is 11.9. The fourth-order valence-electron chi connectivity index (χ4n) is 2.24. The minimum absolute atomic E-state index is 0.200. The first-order valence-corrected chi connectivity index (χ1v) is 6.55.